The topological polar surface area (TPSA) is 37.3 Å². The Kier molecular flexibility index (Phi) is 4.51. The van der Waals surface area contributed by atoms with Crippen LogP contribution in [0.2, 0.25) is 0 Å². The van der Waals surface area contributed by atoms with Crippen molar-refractivity contribution in [3.05, 3.63) is 54.1 Å². The molecule has 1 aliphatic carbocycles. The zero-order valence-corrected chi connectivity index (χ0v) is 13.8. The molecule has 3 atom stereocenters. The van der Waals surface area contributed by atoms with Crippen molar-refractivity contribution >= 4 is 22.3 Å². The number of fused-ring (bicyclic) bond motifs is 1. The summed E-state index contributed by atoms with van der Waals surface area (Å²) in [6.45, 7) is 4.03. The average molecular weight is 308 g/mol. The molecule has 2 aromatic carbocycles. The molecule has 2 heteroatoms. The molecule has 0 amide bonds. The van der Waals surface area contributed by atoms with Gasteiger partial charge in [-0.2, -0.15) is 0 Å². The number of hydrogen-bond donors (Lipinski definition) is 1. The van der Waals surface area contributed by atoms with E-state index in [0.29, 0.717) is 11.8 Å². The summed E-state index contributed by atoms with van der Waals surface area (Å²) in [6, 6.07) is 15.0. The highest BCUT2D eigenvalue weighted by molar-refractivity contribution is 5.93. The van der Waals surface area contributed by atoms with E-state index in [-0.39, 0.29) is 5.92 Å². The third-order valence-electron chi connectivity index (χ3n) is 5.19. The smallest absolute Gasteiger partial charge is 0.306 e. The first-order valence-corrected chi connectivity index (χ1v) is 8.51. The standard InChI is InChI=1S/C21H24O2/c1-3-15(11-12-17-13-20(17)14(2)21(22)23)18-10-6-8-16-7-4-5-9-19(16)18/h4-11,14,17,20H,3,12-13H2,1-2H3,(H,22,23). The summed E-state index contributed by atoms with van der Waals surface area (Å²) in [6.07, 6.45) is 5.38. The van der Waals surface area contributed by atoms with Gasteiger partial charge in [-0.15, -0.1) is 0 Å². The number of aliphatic carboxylic acids is 1. The molecule has 0 radical (unpaired) electrons. The van der Waals surface area contributed by atoms with Crippen LogP contribution in [0, 0.1) is 17.8 Å². The number of allylic oxidation sites excluding steroid dienone is 2. The van der Waals surface area contributed by atoms with Crippen LogP contribution in [-0.4, -0.2) is 11.1 Å². The maximum atomic E-state index is 11.1. The Morgan fingerprint density at radius 1 is 1.26 bits per heavy atom. The number of rotatable bonds is 6. The molecule has 0 aromatic heterocycles. The minimum Gasteiger partial charge on any atom is -0.481 e. The molecule has 3 unspecified atom stereocenters. The number of carbonyl (C=O) groups is 1. The van der Waals surface area contributed by atoms with Gasteiger partial charge in [-0.3, -0.25) is 4.79 Å². The van der Waals surface area contributed by atoms with Crippen LogP contribution in [0.3, 0.4) is 0 Å². The minimum atomic E-state index is -0.661. The summed E-state index contributed by atoms with van der Waals surface area (Å²) in [7, 11) is 0. The highest BCUT2D eigenvalue weighted by atomic mass is 16.4. The van der Waals surface area contributed by atoms with Gasteiger partial charge in [0, 0.05) is 0 Å². The quantitative estimate of drug-likeness (QED) is 0.778. The van der Waals surface area contributed by atoms with E-state index < -0.39 is 5.97 Å². The Labute approximate surface area is 137 Å². The van der Waals surface area contributed by atoms with E-state index in [1.54, 1.807) is 0 Å². The summed E-state index contributed by atoms with van der Waals surface area (Å²) < 4.78 is 0. The maximum absolute atomic E-state index is 11.1. The van der Waals surface area contributed by atoms with E-state index in [4.69, 9.17) is 5.11 Å². The molecule has 0 spiro atoms. The van der Waals surface area contributed by atoms with Gasteiger partial charge in [0.25, 0.3) is 0 Å². The van der Waals surface area contributed by atoms with Gasteiger partial charge in [-0.1, -0.05) is 62.4 Å². The van der Waals surface area contributed by atoms with E-state index in [9.17, 15) is 4.79 Å². The van der Waals surface area contributed by atoms with Crippen LogP contribution in [0.5, 0.6) is 0 Å². The predicted molar refractivity (Wildman–Crippen MR) is 95.2 cm³/mol. The third-order valence-corrected chi connectivity index (χ3v) is 5.19. The van der Waals surface area contributed by atoms with Crippen LogP contribution in [0.25, 0.3) is 16.3 Å². The minimum absolute atomic E-state index is 0.212. The van der Waals surface area contributed by atoms with Crippen LogP contribution in [-0.2, 0) is 4.79 Å². The molecule has 0 saturated heterocycles. The first kappa shape index (κ1) is 15.8. The van der Waals surface area contributed by atoms with Crippen molar-refractivity contribution < 1.29 is 9.90 Å². The Bertz CT molecular complexity index is 739. The molecule has 1 saturated carbocycles. The summed E-state index contributed by atoms with van der Waals surface area (Å²) in [5.41, 5.74) is 2.68. The fourth-order valence-corrected chi connectivity index (χ4v) is 3.58. The largest absolute Gasteiger partial charge is 0.481 e. The molecular formula is C21H24O2. The summed E-state index contributed by atoms with van der Waals surface area (Å²) >= 11 is 0. The summed E-state index contributed by atoms with van der Waals surface area (Å²) in [5, 5.41) is 11.7. The number of benzene rings is 2. The molecule has 1 aliphatic rings. The number of carboxylic acids is 1. The molecule has 23 heavy (non-hydrogen) atoms. The summed E-state index contributed by atoms with van der Waals surface area (Å²) in [4.78, 5) is 11.1. The molecule has 1 fully saturated rings. The molecule has 120 valence electrons. The van der Waals surface area contributed by atoms with E-state index in [0.717, 1.165) is 19.3 Å². The maximum Gasteiger partial charge on any atom is 0.306 e. The first-order valence-electron chi connectivity index (χ1n) is 8.51. The molecular weight excluding hydrogens is 284 g/mol. The highest BCUT2D eigenvalue weighted by Crippen LogP contribution is 2.47. The normalized spacial score (nSPS) is 22.1. The van der Waals surface area contributed by atoms with Crippen LogP contribution in [0.4, 0.5) is 0 Å². The van der Waals surface area contributed by atoms with Crippen molar-refractivity contribution in [2.45, 2.75) is 33.1 Å². The van der Waals surface area contributed by atoms with E-state index in [1.165, 1.54) is 21.9 Å². The molecule has 3 rings (SSSR count). The van der Waals surface area contributed by atoms with Crippen LogP contribution in [0.15, 0.2) is 48.5 Å². The second kappa shape index (κ2) is 6.57. The van der Waals surface area contributed by atoms with Crippen LogP contribution < -0.4 is 0 Å². The monoisotopic (exact) mass is 308 g/mol. The second-order valence-electron chi connectivity index (χ2n) is 6.63. The fourth-order valence-electron chi connectivity index (χ4n) is 3.58. The Morgan fingerprint density at radius 3 is 2.74 bits per heavy atom. The number of carboxylic acid groups (broad SMARTS) is 1. The van der Waals surface area contributed by atoms with Gasteiger partial charge in [0.15, 0.2) is 0 Å². The van der Waals surface area contributed by atoms with Crippen molar-refractivity contribution in [2.24, 2.45) is 17.8 Å². The van der Waals surface area contributed by atoms with E-state index in [1.807, 2.05) is 6.92 Å². The molecule has 0 bridgehead atoms. The fraction of sp³-hybridized carbons (Fsp3) is 0.381. The lowest BCUT2D eigenvalue weighted by molar-refractivity contribution is -0.141. The molecule has 0 heterocycles. The lowest BCUT2D eigenvalue weighted by atomic mass is 9.95. The van der Waals surface area contributed by atoms with Crippen molar-refractivity contribution in [2.75, 3.05) is 0 Å². The van der Waals surface area contributed by atoms with Gasteiger partial charge in [0.2, 0.25) is 0 Å². The SMILES string of the molecule is CCC(=CCC1CC1C(C)C(=O)O)c1cccc2ccccc12. The van der Waals surface area contributed by atoms with Gasteiger partial charge >= 0.3 is 5.97 Å². The molecule has 2 aromatic rings. The van der Waals surface area contributed by atoms with Crippen molar-refractivity contribution in [3.8, 4) is 0 Å². The zero-order chi connectivity index (χ0) is 16.4. The van der Waals surface area contributed by atoms with Gasteiger partial charge in [0.1, 0.15) is 0 Å². The van der Waals surface area contributed by atoms with E-state index in [2.05, 4.69) is 55.5 Å². The van der Waals surface area contributed by atoms with Crippen molar-refractivity contribution in [3.63, 3.8) is 0 Å². The number of hydrogen-bond acceptors (Lipinski definition) is 1. The van der Waals surface area contributed by atoms with Gasteiger partial charge in [-0.25, -0.2) is 0 Å². The molecule has 2 nitrogen and oxygen atoms in total. The molecule has 0 aliphatic heterocycles. The zero-order valence-electron chi connectivity index (χ0n) is 13.8. The summed E-state index contributed by atoms with van der Waals surface area (Å²) in [5.74, 6) is 0.0225. The van der Waals surface area contributed by atoms with E-state index >= 15 is 0 Å². The van der Waals surface area contributed by atoms with Crippen LogP contribution >= 0.6 is 0 Å². The van der Waals surface area contributed by atoms with Crippen LogP contribution in [0.1, 0.15) is 38.7 Å². The highest BCUT2D eigenvalue weighted by Gasteiger charge is 2.42. The second-order valence-corrected chi connectivity index (χ2v) is 6.63. The third kappa shape index (κ3) is 3.31. The van der Waals surface area contributed by atoms with Gasteiger partial charge in [-0.05, 0) is 53.0 Å². The van der Waals surface area contributed by atoms with Gasteiger partial charge in [0.05, 0.1) is 5.92 Å². The Hall–Kier alpha value is -2.09. The predicted octanol–water partition coefficient (Wildman–Crippen LogP) is 5.38. The average Bonchev–Trinajstić information content (AvgIpc) is 3.34. The van der Waals surface area contributed by atoms with Crippen molar-refractivity contribution in [1.29, 1.82) is 0 Å². The lowest BCUT2D eigenvalue weighted by Crippen LogP contribution is -2.12. The Morgan fingerprint density at radius 2 is 2.00 bits per heavy atom. The molecule has 1 N–H and O–H groups in total. The Balaban J connectivity index is 1.79. The lowest BCUT2D eigenvalue weighted by Gasteiger charge is -2.10. The first-order chi connectivity index (χ1) is 11.1. The van der Waals surface area contributed by atoms with Crippen molar-refractivity contribution in [1.82, 2.24) is 0 Å². The van der Waals surface area contributed by atoms with Gasteiger partial charge < -0.3 is 5.11 Å².